The first-order chi connectivity index (χ1) is 11.2. The number of ether oxygens (including phenoxy) is 2. The highest BCUT2D eigenvalue weighted by Gasteiger charge is 2.29. The van der Waals surface area contributed by atoms with E-state index in [0.29, 0.717) is 18.3 Å². The minimum absolute atomic E-state index is 0.0196. The van der Waals surface area contributed by atoms with Crippen molar-refractivity contribution in [2.24, 2.45) is 0 Å². The van der Waals surface area contributed by atoms with Gasteiger partial charge in [-0.3, -0.25) is 4.90 Å². The van der Waals surface area contributed by atoms with Crippen LogP contribution in [0, 0.1) is 0 Å². The highest BCUT2D eigenvalue weighted by Crippen LogP contribution is 2.26. The Hall–Kier alpha value is -1.92. The number of benzene rings is 1. The second-order valence-electron chi connectivity index (χ2n) is 6.06. The number of rotatable bonds is 5. The van der Waals surface area contributed by atoms with E-state index >= 15 is 0 Å². The summed E-state index contributed by atoms with van der Waals surface area (Å²) in [7, 11) is 1.68. The Morgan fingerprint density at radius 2 is 2.26 bits per heavy atom. The third kappa shape index (κ3) is 3.71. The summed E-state index contributed by atoms with van der Waals surface area (Å²) in [5.41, 5.74) is 1.20. The van der Waals surface area contributed by atoms with Gasteiger partial charge in [-0.2, -0.15) is 4.98 Å². The molecule has 1 aromatic carbocycles. The van der Waals surface area contributed by atoms with Crippen LogP contribution in [0.5, 0.6) is 5.75 Å². The van der Waals surface area contributed by atoms with Gasteiger partial charge in [-0.25, -0.2) is 0 Å². The summed E-state index contributed by atoms with van der Waals surface area (Å²) >= 11 is 0. The fourth-order valence-corrected chi connectivity index (χ4v) is 2.69. The Kier molecular flexibility index (Phi) is 4.93. The van der Waals surface area contributed by atoms with Gasteiger partial charge >= 0.3 is 0 Å². The predicted molar refractivity (Wildman–Crippen MR) is 85.4 cm³/mol. The molecule has 1 fully saturated rings. The molecule has 2 heterocycles. The molecule has 0 spiro atoms. The van der Waals surface area contributed by atoms with Crippen LogP contribution >= 0.6 is 0 Å². The van der Waals surface area contributed by atoms with E-state index < -0.39 is 0 Å². The van der Waals surface area contributed by atoms with Gasteiger partial charge in [0.1, 0.15) is 5.75 Å². The first-order valence-electron chi connectivity index (χ1n) is 7.95. The van der Waals surface area contributed by atoms with Gasteiger partial charge in [-0.1, -0.05) is 31.1 Å². The number of hydrogen-bond donors (Lipinski definition) is 0. The molecule has 0 aliphatic carbocycles. The predicted octanol–water partition coefficient (Wildman–Crippen LogP) is 2.78. The van der Waals surface area contributed by atoms with E-state index in [0.717, 1.165) is 25.4 Å². The van der Waals surface area contributed by atoms with Crippen LogP contribution in [0.4, 0.5) is 0 Å². The zero-order chi connectivity index (χ0) is 16.2. The Morgan fingerprint density at radius 1 is 1.39 bits per heavy atom. The van der Waals surface area contributed by atoms with Crippen LogP contribution in [-0.2, 0) is 11.3 Å². The Bertz CT molecular complexity index is 642. The first kappa shape index (κ1) is 16.0. The minimum atomic E-state index is 0.0196. The summed E-state index contributed by atoms with van der Waals surface area (Å²) in [6, 6.07) is 8.14. The highest BCUT2D eigenvalue weighted by molar-refractivity contribution is 5.28. The monoisotopic (exact) mass is 317 g/mol. The summed E-state index contributed by atoms with van der Waals surface area (Å²) in [5, 5.41) is 4.15. The second-order valence-corrected chi connectivity index (χ2v) is 6.06. The molecule has 1 aliphatic heterocycles. The average molecular weight is 317 g/mol. The third-order valence-electron chi connectivity index (χ3n) is 4.01. The molecule has 6 heteroatoms. The quantitative estimate of drug-likeness (QED) is 0.845. The molecular formula is C17H23N3O3. The maximum absolute atomic E-state index is 5.63. The average Bonchev–Trinajstić information content (AvgIpc) is 3.06. The molecule has 23 heavy (non-hydrogen) atoms. The maximum Gasteiger partial charge on any atom is 0.229 e. The van der Waals surface area contributed by atoms with E-state index in [1.54, 1.807) is 7.11 Å². The summed E-state index contributed by atoms with van der Waals surface area (Å²) in [4.78, 5) is 6.86. The largest absolute Gasteiger partial charge is 0.497 e. The molecule has 124 valence electrons. The van der Waals surface area contributed by atoms with Crippen molar-refractivity contribution in [3.63, 3.8) is 0 Å². The van der Waals surface area contributed by atoms with Crippen LogP contribution in [0.1, 0.15) is 43.1 Å². The highest BCUT2D eigenvalue weighted by atomic mass is 16.5. The van der Waals surface area contributed by atoms with Crippen molar-refractivity contribution in [1.29, 1.82) is 0 Å². The molecule has 0 bridgehead atoms. The summed E-state index contributed by atoms with van der Waals surface area (Å²) < 4.78 is 16.3. The molecule has 1 aromatic heterocycles. The van der Waals surface area contributed by atoms with Gasteiger partial charge in [0, 0.05) is 19.0 Å². The Morgan fingerprint density at radius 3 is 3.00 bits per heavy atom. The standard InChI is InChI=1S/C17H23N3O3/c1-12(2)17-18-16(19-23-17)15-11-22-8-7-20(15)10-13-5-4-6-14(9-13)21-3/h4-6,9,12,15H,7-8,10-11H2,1-3H3/t15-/m1/s1. The van der Waals surface area contributed by atoms with Gasteiger partial charge in [0.05, 0.1) is 26.4 Å². The lowest BCUT2D eigenvalue weighted by Gasteiger charge is -2.33. The van der Waals surface area contributed by atoms with Crippen molar-refractivity contribution in [3.05, 3.63) is 41.5 Å². The number of methoxy groups -OCH3 is 1. The van der Waals surface area contributed by atoms with Gasteiger partial charge in [0.15, 0.2) is 5.82 Å². The second kappa shape index (κ2) is 7.10. The van der Waals surface area contributed by atoms with E-state index in [4.69, 9.17) is 14.0 Å². The van der Waals surface area contributed by atoms with E-state index in [2.05, 4.69) is 27.2 Å². The van der Waals surface area contributed by atoms with Crippen LogP contribution < -0.4 is 4.74 Å². The Labute approximate surface area is 136 Å². The van der Waals surface area contributed by atoms with Gasteiger partial charge < -0.3 is 14.0 Å². The van der Waals surface area contributed by atoms with E-state index in [1.807, 2.05) is 26.0 Å². The zero-order valence-corrected chi connectivity index (χ0v) is 13.9. The molecule has 0 radical (unpaired) electrons. The third-order valence-corrected chi connectivity index (χ3v) is 4.01. The van der Waals surface area contributed by atoms with Crippen molar-refractivity contribution in [2.45, 2.75) is 32.4 Å². The number of nitrogens with zero attached hydrogens (tertiary/aromatic N) is 3. The molecule has 0 amide bonds. The minimum Gasteiger partial charge on any atom is -0.497 e. The summed E-state index contributed by atoms with van der Waals surface area (Å²) in [6.07, 6.45) is 0. The van der Waals surface area contributed by atoms with Crippen LogP contribution in [0.3, 0.4) is 0 Å². The lowest BCUT2D eigenvalue weighted by Crippen LogP contribution is -2.39. The van der Waals surface area contributed by atoms with E-state index in [9.17, 15) is 0 Å². The number of hydrogen-bond acceptors (Lipinski definition) is 6. The maximum atomic E-state index is 5.63. The summed E-state index contributed by atoms with van der Waals surface area (Å²) in [5.74, 6) is 2.48. The molecule has 2 aromatic rings. The first-order valence-corrected chi connectivity index (χ1v) is 7.95. The van der Waals surface area contributed by atoms with Crippen LogP contribution in [0.2, 0.25) is 0 Å². The van der Waals surface area contributed by atoms with Crippen LogP contribution in [0.15, 0.2) is 28.8 Å². The zero-order valence-electron chi connectivity index (χ0n) is 13.9. The van der Waals surface area contributed by atoms with Crippen molar-refractivity contribution in [2.75, 3.05) is 26.9 Å². The molecule has 6 nitrogen and oxygen atoms in total. The molecule has 0 unspecified atom stereocenters. The molecule has 3 rings (SSSR count). The topological polar surface area (TPSA) is 60.6 Å². The lowest BCUT2D eigenvalue weighted by molar-refractivity contribution is -0.0166. The molecule has 1 atom stereocenters. The van der Waals surface area contributed by atoms with Crippen molar-refractivity contribution in [1.82, 2.24) is 15.0 Å². The molecule has 1 aliphatic rings. The van der Waals surface area contributed by atoms with Gasteiger partial charge in [0.2, 0.25) is 5.89 Å². The Balaban J connectivity index is 1.77. The van der Waals surface area contributed by atoms with E-state index in [1.165, 1.54) is 5.56 Å². The SMILES string of the molecule is COc1cccc(CN2CCOC[C@@H]2c2noc(C(C)C)n2)c1. The molecule has 0 N–H and O–H groups in total. The number of aromatic nitrogens is 2. The van der Waals surface area contributed by atoms with Gasteiger partial charge in [-0.05, 0) is 17.7 Å². The summed E-state index contributed by atoms with van der Waals surface area (Å²) in [6.45, 7) is 7.03. The molecular weight excluding hydrogens is 294 g/mol. The lowest BCUT2D eigenvalue weighted by atomic mass is 10.1. The van der Waals surface area contributed by atoms with Crippen LogP contribution in [0.25, 0.3) is 0 Å². The van der Waals surface area contributed by atoms with Crippen molar-refractivity contribution < 1.29 is 14.0 Å². The number of morpholine rings is 1. The van der Waals surface area contributed by atoms with Gasteiger partial charge in [-0.15, -0.1) is 0 Å². The van der Waals surface area contributed by atoms with Gasteiger partial charge in [0.25, 0.3) is 0 Å². The molecule has 1 saturated heterocycles. The fourth-order valence-electron chi connectivity index (χ4n) is 2.69. The smallest absolute Gasteiger partial charge is 0.229 e. The van der Waals surface area contributed by atoms with Crippen molar-refractivity contribution >= 4 is 0 Å². The fraction of sp³-hybridized carbons (Fsp3) is 0.529. The molecule has 0 saturated carbocycles. The van der Waals surface area contributed by atoms with E-state index in [-0.39, 0.29) is 12.0 Å². The normalized spacial score (nSPS) is 19.2. The van der Waals surface area contributed by atoms with Crippen LogP contribution in [-0.4, -0.2) is 41.9 Å². The van der Waals surface area contributed by atoms with Crippen molar-refractivity contribution in [3.8, 4) is 5.75 Å².